The summed E-state index contributed by atoms with van der Waals surface area (Å²) in [6.07, 6.45) is 0.736. The molecule has 1 aliphatic rings. The Hall–Kier alpha value is -0.970. The topological polar surface area (TPSA) is 32.5 Å². The average Bonchev–Trinajstić information content (AvgIpc) is 2.42. The summed E-state index contributed by atoms with van der Waals surface area (Å²) in [4.78, 5) is 4.65. The van der Waals surface area contributed by atoms with Crippen molar-refractivity contribution in [3.05, 3.63) is 35.6 Å². The normalized spacial score (nSPS) is 21.3. The number of rotatable bonds is 4. The SMILES string of the molecule is CCC(N)(CN1CCN(C)CC1)c1ccccc1F. The third-order valence-electron chi connectivity index (χ3n) is 4.14. The zero-order valence-electron chi connectivity index (χ0n) is 11.9. The molecule has 0 amide bonds. The highest BCUT2D eigenvalue weighted by Crippen LogP contribution is 2.26. The van der Waals surface area contributed by atoms with Crippen LogP contribution in [0.25, 0.3) is 0 Å². The van der Waals surface area contributed by atoms with Gasteiger partial charge in [0.15, 0.2) is 0 Å². The molecule has 1 saturated heterocycles. The van der Waals surface area contributed by atoms with E-state index in [9.17, 15) is 4.39 Å². The van der Waals surface area contributed by atoms with E-state index in [1.54, 1.807) is 6.07 Å². The maximum Gasteiger partial charge on any atom is 0.128 e. The fourth-order valence-electron chi connectivity index (χ4n) is 2.66. The Morgan fingerprint density at radius 2 is 1.84 bits per heavy atom. The Kier molecular flexibility index (Phi) is 4.55. The molecule has 2 N–H and O–H groups in total. The van der Waals surface area contributed by atoms with E-state index in [-0.39, 0.29) is 5.82 Å². The second-order valence-electron chi connectivity index (χ2n) is 5.57. The monoisotopic (exact) mass is 265 g/mol. The summed E-state index contributed by atoms with van der Waals surface area (Å²) in [5.41, 5.74) is 6.53. The Labute approximate surface area is 115 Å². The number of piperazine rings is 1. The van der Waals surface area contributed by atoms with E-state index >= 15 is 0 Å². The summed E-state index contributed by atoms with van der Waals surface area (Å²) in [7, 11) is 2.13. The number of halogens is 1. The van der Waals surface area contributed by atoms with Crippen LogP contribution in [0.5, 0.6) is 0 Å². The molecule has 0 radical (unpaired) electrons. The van der Waals surface area contributed by atoms with Crippen LogP contribution in [0.2, 0.25) is 0 Å². The fourth-order valence-corrected chi connectivity index (χ4v) is 2.66. The van der Waals surface area contributed by atoms with Gasteiger partial charge < -0.3 is 10.6 Å². The van der Waals surface area contributed by atoms with E-state index in [0.717, 1.165) is 39.1 Å². The quantitative estimate of drug-likeness (QED) is 0.898. The summed E-state index contributed by atoms with van der Waals surface area (Å²) in [6, 6.07) is 6.88. The molecular formula is C15H24FN3. The zero-order valence-corrected chi connectivity index (χ0v) is 11.9. The molecule has 0 bridgehead atoms. The van der Waals surface area contributed by atoms with Crippen LogP contribution in [0.15, 0.2) is 24.3 Å². The molecule has 1 aliphatic heterocycles. The van der Waals surface area contributed by atoms with Crippen molar-refractivity contribution in [2.75, 3.05) is 39.8 Å². The summed E-state index contributed by atoms with van der Waals surface area (Å²) in [6.45, 7) is 6.86. The molecule has 1 aromatic carbocycles. The largest absolute Gasteiger partial charge is 0.320 e. The zero-order chi connectivity index (χ0) is 13.9. The third kappa shape index (κ3) is 3.32. The van der Waals surface area contributed by atoms with Crippen molar-refractivity contribution in [2.24, 2.45) is 5.73 Å². The number of benzene rings is 1. The van der Waals surface area contributed by atoms with Crippen molar-refractivity contribution in [3.63, 3.8) is 0 Å². The summed E-state index contributed by atoms with van der Waals surface area (Å²) >= 11 is 0. The van der Waals surface area contributed by atoms with Crippen molar-refractivity contribution in [1.82, 2.24) is 9.80 Å². The Morgan fingerprint density at radius 1 is 1.21 bits per heavy atom. The van der Waals surface area contributed by atoms with Crippen LogP contribution in [0.3, 0.4) is 0 Å². The predicted molar refractivity (Wildman–Crippen MR) is 76.5 cm³/mol. The minimum absolute atomic E-state index is 0.194. The van der Waals surface area contributed by atoms with Crippen LogP contribution >= 0.6 is 0 Å². The summed E-state index contributed by atoms with van der Waals surface area (Å²) in [5, 5.41) is 0. The summed E-state index contributed by atoms with van der Waals surface area (Å²) < 4.78 is 14.0. The van der Waals surface area contributed by atoms with Gasteiger partial charge in [0.05, 0.1) is 5.54 Å². The lowest BCUT2D eigenvalue weighted by atomic mass is 9.87. The predicted octanol–water partition coefficient (Wildman–Crippen LogP) is 1.64. The van der Waals surface area contributed by atoms with Gasteiger partial charge in [0.2, 0.25) is 0 Å². The van der Waals surface area contributed by atoms with Gasteiger partial charge in [-0.05, 0) is 19.5 Å². The van der Waals surface area contributed by atoms with E-state index in [1.165, 1.54) is 6.07 Å². The van der Waals surface area contributed by atoms with Crippen molar-refractivity contribution < 1.29 is 4.39 Å². The van der Waals surface area contributed by atoms with E-state index in [1.807, 2.05) is 19.1 Å². The number of hydrogen-bond donors (Lipinski definition) is 1. The maximum atomic E-state index is 14.0. The molecule has 0 saturated carbocycles. The summed E-state index contributed by atoms with van der Waals surface area (Å²) in [5.74, 6) is -0.194. The lowest BCUT2D eigenvalue weighted by molar-refractivity contribution is 0.123. The average molecular weight is 265 g/mol. The van der Waals surface area contributed by atoms with Gasteiger partial charge in [-0.15, -0.1) is 0 Å². The first-order chi connectivity index (χ1) is 9.05. The van der Waals surface area contributed by atoms with Gasteiger partial charge >= 0.3 is 0 Å². The highest BCUT2D eigenvalue weighted by atomic mass is 19.1. The number of likely N-dealkylation sites (N-methyl/N-ethyl adjacent to an activating group) is 1. The molecule has 1 unspecified atom stereocenters. The van der Waals surface area contributed by atoms with Crippen molar-refractivity contribution >= 4 is 0 Å². The first-order valence-corrected chi connectivity index (χ1v) is 7.00. The minimum Gasteiger partial charge on any atom is -0.320 e. The number of nitrogens with two attached hydrogens (primary N) is 1. The molecule has 19 heavy (non-hydrogen) atoms. The first-order valence-electron chi connectivity index (χ1n) is 7.00. The lowest BCUT2D eigenvalue weighted by Crippen LogP contribution is -2.53. The smallest absolute Gasteiger partial charge is 0.128 e. The Bertz CT molecular complexity index is 416. The van der Waals surface area contributed by atoms with Crippen molar-refractivity contribution in [1.29, 1.82) is 0 Å². The molecule has 4 heteroatoms. The molecule has 1 atom stereocenters. The van der Waals surface area contributed by atoms with Gasteiger partial charge in [0.25, 0.3) is 0 Å². The minimum atomic E-state index is -0.596. The van der Waals surface area contributed by atoms with Crippen LogP contribution in [-0.2, 0) is 5.54 Å². The van der Waals surface area contributed by atoms with Gasteiger partial charge in [-0.1, -0.05) is 25.1 Å². The Morgan fingerprint density at radius 3 is 2.42 bits per heavy atom. The highest BCUT2D eigenvalue weighted by molar-refractivity contribution is 5.26. The molecule has 106 valence electrons. The second-order valence-corrected chi connectivity index (χ2v) is 5.57. The molecule has 0 aliphatic carbocycles. The molecule has 1 fully saturated rings. The molecule has 1 aromatic rings. The highest BCUT2D eigenvalue weighted by Gasteiger charge is 2.31. The van der Waals surface area contributed by atoms with Gasteiger partial charge in [0, 0.05) is 38.3 Å². The molecule has 3 nitrogen and oxygen atoms in total. The molecular weight excluding hydrogens is 241 g/mol. The standard InChI is InChI=1S/C15H24FN3/c1-3-15(17,13-6-4-5-7-14(13)16)12-19-10-8-18(2)9-11-19/h4-7H,3,8-12,17H2,1-2H3. The number of nitrogens with zero attached hydrogens (tertiary/aromatic N) is 2. The molecule has 0 spiro atoms. The molecule has 2 rings (SSSR count). The van der Waals surface area contributed by atoms with Crippen LogP contribution in [0.1, 0.15) is 18.9 Å². The van der Waals surface area contributed by atoms with Crippen LogP contribution in [0, 0.1) is 5.82 Å². The van der Waals surface area contributed by atoms with Crippen molar-refractivity contribution in [3.8, 4) is 0 Å². The Balaban J connectivity index is 2.12. The van der Waals surface area contributed by atoms with Crippen molar-refractivity contribution in [2.45, 2.75) is 18.9 Å². The molecule has 0 aromatic heterocycles. The maximum absolute atomic E-state index is 14.0. The first kappa shape index (κ1) is 14.4. The number of hydrogen-bond acceptors (Lipinski definition) is 3. The van der Waals surface area contributed by atoms with Gasteiger partial charge in [-0.25, -0.2) is 4.39 Å². The van der Waals surface area contributed by atoms with E-state index in [2.05, 4.69) is 16.8 Å². The van der Waals surface area contributed by atoms with Gasteiger partial charge in [-0.2, -0.15) is 0 Å². The molecule has 1 heterocycles. The van der Waals surface area contributed by atoms with Crippen LogP contribution in [-0.4, -0.2) is 49.6 Å². The van der Waals surface area contributed by atoms with E-state index in [0.29, 0.717) is 5.56 Å². The van der Waals surface area contributed by atoms with Gasteiger partial charge in [-0.3, -0.25) is 4.90 Å². The van der Waals surface area contributed by atoms with E-state index < -0.39 is 5.54 Å². The van der Waals surface area contributed by atoms with Gasteiger partial charge in [0.1, 0.15) is 5.82 Å². The fraction of sp³-hybridized carbons (Fsp3) is 0.600. The van der Waals surface area contributed by atoms with Crippen LogP contribution in [0.4, 0.5) is 4.39 Å². The van der Waals surface area contributed by atoms with E-state index in [4.69, 9.17) is 5.73 Å². The van der Waals surface area contributed by atoms with Crippen LogP contribution < -0.4 is 5.73 Å². The second kappa shape index (κ2) is 5.99. The lowest BCUT2D eigenvalue weighted by Gasteiger charge is -2.39. The third-order valence-corrected chi connectivity index (χ3v) is 4.14.